The molecule has 1 aromatic heterocycles. The molecule has 7 heteroatoms. The molecule has 25 heavy (non-hydrogen) atoms. The summed E-state index contributed by atoms with van der Waals surface area (Å²) in [6.07, 6.45) is -0.166. The molecule has 0 saturated heterocycles. The average Bonchev–Trinajstić information content (AvgIpc) is 2.88. The van der Waals surface area contributed by atoms with E-state index in [0.29, 0.717) is 10.7 Å². The molecule has 0 radical (unpaired) electrons. The number of carboxylic acids is 1. The van der Waals surface area contributed by atoms with Gasteiger partial charge in [0.15, 0.2) is 5.69 Å². The van der Waals surface area contributed by atoms with Crippen molar-refractivity contribution in [3.8, 4) is 5.69 Å². The van der Waals surface area contributed by atoms with Crippen molar-refractivity contribution >= 4 is 23.5 Å². The first-order chi connectivity index (χ1) is 11.6. The van der Waals surface area contributed by atoms with Gasteiger partial charge in [-0.3, -0.25) is 9.59 Å². The number of carbonyl (C=O) groups excluding carboxylic acids is 1. The van der Waals surface area contributed by atoms with Crippen molar-refractivity contribution in [2.45, 2.75) is 39.7 Å². The molecule has 1 amide bonds. The van der Waals surface area contributed by atoms with Crippen LogP contribution in [0.5, 0.6) is 0 Å². The van der Waals surface area contributed by atoms with Gasteiger partial charge in [0.1, 0.15) is 0 Å². The fraction of sp³-hybridized carbons (Fsp3) is 0.389. The molecule has 134 valence electrons. The minimum Gasteiger partial charge on any atom is -0.481 e. The Morgan fingerprint density at radius 1 is 1.36 bits per heavy atom. The number of rotatable bonds is 6. The Bertz CT molecular complexity index is 801. The summed E-state index contributed by atoms with van der Waals surface area (Å²) >= 11 is 6.20. The van der Waals surface area contributed by atoms with E-state index in [1.807, 2.05) is 39.0 Å². The number of hydrogen-bond acceptors (Lipinski definition) is 3. The average molecular weight is 364 g/mol. The fourth-order valence-corrected chi connectivity index (χ4v) is 2.70. The third-order valence-corrected chi connectivity index (χ3v) is 4.71. The van der Waals surface area contributed by atoms with Gasteiger partial charge in [0.2, 0.25) is 0 Å². The van der Waals surface area contributed by atoms with Gasteiger partial charge in [-0.05, 0) is 38.0 Å². The van der Waals surface area contributed by atoms with Gasteiger partial charge in [0.25, 0.3) is 5.91 Å². The Labute approximate surface area is 151 Å². The molecule has 0 fully saturated rings. The molecule has 0 aliphatic carbocycles. The zero-order valence-corrected chi connectivity index (χ0v) is 15.5. The van der Waals surface area contributed by atoms with Crippen LogP contribution in [0.2, 0.25) is 5.02 Å². The molecule has 0 aliphatic rings. The lowest BCUT2D eigenvalue weighted by atomic mass is 9.85. The first kappa shape index (κ1) is 19.0. The first-order valence-corrected chi connectivity index (χ1v) is 8.37. The second-order valence-corrected chi connectivity index (χ2v) is 7.04. The lowest BCUT2D eigenvalue weighted by Crippen LogP contribution is -2.51. The van der Waals surface area contributed by atoms with E-state index in [1.165, 1.54) is 0 Å². The molecule has 1 heterocycles. The second-order valence-electron chi connectivity index (χ2n) is 6.63. The van der Waals surface area contributed by atoms with Crippen LogP contribution in [0.25, 0.3) is 5.69 Å². The van der Waals surface area contributed by atoms with Crippen LogP contribution in [0.1, 0.15) is 43.4 Å². The summed E-state index contributed by atoms with van der Waals surface area (Å²) in [6, 6.07) is 8.87. The van der Waals surface area contributed by atoms with E-state index in [2.05, 4.69) is 10.4 Å². The third-order valence-electron chi connectivity index (χ3n) is 4.39. The summed E-state index contributed by atoms with van der Waals surface area (Å²) in [5, 5.41) is 16.8. The SMILES string of the molecule is Cc1cc(C(=O)NC(C)(CC(=O)O)C(C)C)nn1-c1ccccc1Cl. The number of amides is 1. The van der Waals surface area contributed by atoms with E-state index in [9.17, 15) is 9.59 Å². The van der Waals surface area contributed by atoms with Crippen LogP contribution < -0.4 is 5.32 Å². The number of carbonyl (C=O) groups is 2. The second kappa shape index (κ2) is 7.27. The smallest absolute Gasteiger partial charge is 0.305 e. The highest BCUT2D eigenvalue weighted by Gasteiger charge is 2.33. The molecular weight excluding hydrogens is 342 g/mol. The highest BCUT2D eigenvalue weighted by Crippen LogP contribution is 2.23. The Kier molecular flexibility index (Phi) is 5.52. The minimum absolute atomic E-state index is 0.0562. The van der Waals surface area contributed by atoms with Gasteiger partial charge in [-0.2, -0.15) is 5.10 Å². The molecule has 0 saturated carbocycles. The molecule has 2 N–H and O–H groups in total. The lowest BCUT2D eigenvalue weighted by Gasteiger charge is -2.33. The predicted molar refractivity (Wildman–Crippen MR) is 96.3 cm³/mol. The number of para-hydroxylation sites is 1. The number of aromatic nitrogens is 2. The Morgan fingerprint density at radius 3 is 2.56 bits per heavy atom. The molecule has 1 atom stereocenters. The minimum atomic E-state index is -0.964. The Morgan fingerprint density at radius 2 is 2.00 bits per heavy atom. The van der Waals surface area contributed by atoms with E-state index < -0.39 is 17.4 Å². The zero-order chi connectivity index (χ0) is 18.8. The van der Waals surface area contributed by atoms with Crippen molar-refractivity contribution in [1.82, 2.24) is 15.1 Å². The molecule has 0 spiro atoms. The fourth-order valence-electron chi connectivity index (χ4n) is 2.48. The topological polar surface area (TPSA) is 84.2 Å². The zero-order valence-electron chi connectivity index (χ0n) is 14.7. The summed E-state index contributed by atoms with van der Waals surface area (Å²) in [5.74, 6) is -1.43. The molecule has 2 aromatic rings. The highest BCUT2D eigenvalue weighted by molar-refractivity contribution is 6.32. The van der Waals surface area contributed by atoms with Gasteiger partial charge in [-0.1, -0.05) is 37.6 Å². The van der Waals surface area contributed by atoms with Crippen LogP contribution in [0.3, 0.4) is 0 Å². The van der Waals surface area contributed by atoms with Crippen molar-refractivity contribution in [2.24, 2.45) is 5.92 Å². The molecule has 6 nitrogen and oxygen atoms in total. The Hall–Kier alpha value is -2.34. The summed E-state index contributed by atoms with van der Waals surface area (Å²) in [5.41, 5.74) is 0.778. The number of benzene rings is 1. The lowest BCUT2D eigenvalue weighted by molar-refractivity contribution is -0.138. The monoisotopic (exact) mass is 363 g/mol. The van der Waals surface area contributed by atoms with Crippen LogP contribution >= 0.6 is 11.6 Å². The van der Waals surface area contributed by atoms with Crippen LogP contribution in [-0.2, 0) is 4.79 Å². The summed E-state index contributed by atoms with van der Waals surface area (Å²) < 4.78 is 1.60. The maximum absolute atomic E-state index is 12.6. The van der Waals surface area contributed by atoms with E-state index in [0.717, 1.165) is 5.69 Å². The van der Waals surface area contributed by atoms with Crippen LogP contribution in [0, 0.1) is 12.8 Å². The largest absolute Gasteiger partial charge is 0.481 e. The van der Waals surface area contributed by atoms with Crippen molar-refractivity contribution < 1.29 is 14.7 Å². The van der Waals surface area contributed by atoms with Crippen LogP contribution in [0.15, 0.2) is 30.3 Å². The normalized spacial score (nSPS) is 13.5. The van der Waals surface area contributed by atoms with Crippen molar-refractivity contribution in [3.63, 3.8) is 0 Å². The van der Waals surface area contributed by atoms with Gasteiger partial charge in [-0.15, -0.1) is 0 Å². The van der Waals surface area contributed by atoms with E-state index in [1.54, 1.807) is 23.7 Å². The molecular formula is C18H22ClN3O3. The summed E-state index contributed by atoms with van der Waals surface area (Å²) in [4.78, 5) is 23.7. The van der Waals surface area contributed by atoms with Crippen molar-refractivity contribution in [2.75, 3.05) is 0 Å². The Balaban J connectivity index is 2.31. The van der Waals surface area contributed by atoms with E-state index in [-0.39, 0.29) is 18.0 Å². The molecule has 1 unspecified atom stereocenters. The predicted octanol–water partition coefficient (Wildman–Crippen LogP) is 3.45. The number of aryl methyl sites for hydroxylation is 1. The highest BCUT2D eigenvalue weighted by atomic mass is 35.5. The first-order valence-electron chi connectivity index (χ1n) is 8.00. The molecule has 1 aromatic carbocycles. The summed E-state index contributed by atoms with van der Waals surface area (Å²) in [7, 11) is 0. The number of aliphatic carboxylic acids is 1. The van der Waals surface area contributed by atoms with Crippen LogP contribution in [-0.4, -0.2) is 32.3 Å². The van der Waals surface area contributed by atoms with Gasteiger partial charge < -0.3 is 10.4 Å². The molecule has 0 bridgehead atoms. The molecule has 0 aliphatic heterocycles. The summed E-state index contributed by atoms with van der Waals surface area (Å²) in [6.45, 7) is 7.29. The van der Waals surface area contributed by atoms with Gasteiger partial charge >= 0.3 is 5.97 Å². The number of carboxylic acid groups (broad SMARTS) is 1. The van der Waals surface area contributed by atoms with Crippen molar-refractivity contribution in [1.29, 1.82) is 0 Å². The van der Waals surface area contributed by atoms with Crippen molar-refractivity contribution in [3.05, 3.63) is 46.7 Å². The van der Waals surface area contributed by atoms with Gasteiger partial charge in [0.05, 0.1) is 22.7 Å². The van der Waals surface area contributed by atoms with Crippen LogP contribution in [0.4, 0.5) is 0 Å². The number of nitrogens with one attached hydrogen (secondary N) is 1. The van der Waals surface area contributed by atoms with E-state index >= 15 is 0 Å². The van der Waals surface area contributed by atoms with Gasteiger partial charge in [-0.25, -0.2) is 4.68 Å². The maximum atomic E-state index is 12.6. The molecule has 2 rings (SSSR count). The number of hydrogen-bond donors (Lipinski definition) is 2. The van der Waals surface area contributed by atoms with E-state index in [4.69, 9.17) is 16.7 Å². The maximum Gasteiger partial charge on any atom is 0.305 e. The quantitative estimate of drug-likeness (QED) is 0.823. The van der Waals surface area contributed by atoms with Gasteiger partial charge in [0, 0.05) is 5.69 Å². The third kappa shape index (κ3) is 4.20. The standard InChI is InChI=1S/C18H22ClN3O3/c1-11(2)18(4,10-16(23)24)20-17(25)14-9-12(3)22(21-14)15-8-6-5-7-13(15)19/h5-9,11H,10H2,1-4H3,(H,20,25)(H,23,24). The number of nitrogens with zero attached hydrogens (tertiary/aromatic N) is 2. The number of halogens is 1.